The first kappa shape index (κ1) is 40.5. The van der Waals surface area contributed by atoms with Crippen molar-refractivity contribution in [3.63, 3.8) is 0 Å². The van der Waals surface area contributed by atoms with Gasteiger partial charge in [-0.3, -0.25) is 0 Å². The summed E-state index contributed by atoms with van der Waals surface area (Å²) in [5.41, 5.74) is 13.1. The average Bonchev–Trinajstić information content (AvgIpc) is 3.87. The molecule has 6 heteroatoms. The highest BCUT2D eigenvalue weighted by Crippen LogP contribution is 2.45. The lowest BCUT2D eigenvalue weighted by molar-refractivity contribution is 0.590. The molecule has 0 atom stereocenters. The van der Waals surface area contributed by atoms with Gasteiger partial charge in [0.1, 0.15) is 22.3 Å². The normalized spacial score (nSPS) is 12.1. The van der Waals surface area contributed by atoms with Gasteiger partial charge in [0, 0.05) is 55.7 Å². The molecule has 0 saturated carbocycles. The molecule has 0 fully saturated rings. The molecule has 66 heavy (non-hydrogen) atoms. The molecule has 2 aromatic heterocycles. The molecule has 0 N–H and O–H groups in total. The Balaban J connectivity index is 1.01. The minimum Gasteiger partial charge on any atom is -0.456 e. The van der Waals surface area contributed by atoms with Crippen LogP contribution in [0.5, 0.6) is 0 Å². The molecule has 0 spiro atoms. The van der Waals surface area contributed by atoms with Crippen LogP contribution in [-0.2, 0) is 10.8 Å². The van der Waals surface area contributed by atoms with E-state index in [1.54, 1.807) is 0 Å². The molecule has 11 rings (SSSR count). The molecule has 9 aromatic carbocycles. The number of furan rings is 2. The maximum absolute atomic E-state index is 9.55. The van der Waals surface area contributed by atoms with Gasteiger partial charge in [0.15, 0.2) is 0 Å². The molecule has 0 unspecified atom stereocenters. The molecule has 6 nitrogen and oxygen atoms in total. The zero-order valence-corrected chi connectivity index (χ0v) is 37.8. The zero-order valence-electron chi connectivity index (χ0n) is 37.8. The van der Waals surface area contributed by atoms with Crippen LogP contribution in [0.1, 0.15) is 63.8 Å². The summed E-state index contributed by atoms with van der Waals surface area (Å²) < 4.78 is 13.3. The van der Waals surface area contributed by atoms with Crippen LogP contribution in [0.15, 0.2) is 179 Å². The third kappa shape index (κ3) is 6.96. The molecule has 318 valence electrons. The Morgan fingerprint density at radius 2 is 0.682 bits per heavy atom. The van der Waals surface area contributed by atoms with E-state index in [1.165, 1.54) is 11.1 Å². The van der Waals surface area contributed by atoms with E-state index in [-0.39, 0.29) is 10.8 Å². The first-order valence-corrected chi connectivity index (χ1v) is 22.3. The summed E-state index contributed by atoms with van der Waals surface area (Å²) in [5.74, 6) is 0. The van der Waals surface area contributed by atoms with Crippen molar-refractivity contribution in [3.8, 4) is 12.1 Å². The molecular formula is C60H46N4O2. The fraction of sp³-hybridized carbons (Fsp3) is 0.133. The van der Waals surface area contributed by atoms with Crippen molar-refractivity contribution in [1.82, 2.24) is 0 Å². The summed E-state index contributed by atoms with van der Waals surface area (Å²) in [6, 6.07) is 63.4. The highest BCUT2D eigenvalue weighted by Gasteiger charge is 2.22. The zero-order chi connectivity index (χ0) is 45.5. The van der Waals surface area contributed by atoms with E-state index in [2.05, 4.69) is 173 Å². The van der Waals surface area contributed by atoms with Crippen molar-refractivity contribution in [2.45, 2.75) is 52.4 Å². The number of benzene rings is 9. The largest absolute Gasteiger partial charge is 0.456 e. The minimum absolute atomic E-state index is 0.0301. The number of hydrogen-bond acceptors (Lipinski definition) is 6. The van der Waals surface area contributed by atoms with Crippen LogP contribution in [0.25, 0.3) is 65.4 Å². The first-order valence-electron chi connectivity index (χ1n) is 22.3. The van der Waals surface area contributed by atoms with Gasteiger partial charge in [-0.05, 0) is 177 Å². The summed E-state index contributed by atoms with van der Waals surface area (Å²) in [6.45, 7) is 13.3. The van der Waals surface area contributed by atoms with Crippen LogP contribution >= 0.6 is 0 Å². The maximum Gasteiger partial charge on any atom is 0.136 e. The number of fused-ring (bicyclic) bond motifs is 9. The van der Waals surface area contributed by atoms with Gasteiger partial charge < -0.3 is 18.6 Å². The number of anilines is 6. The van der Waals surface area contributed by atoms with E-state index in [4.69, 9.17) is 8.83 Å². The monoisotopic (exact) mass is 854 g/mol. The van der Waals surface area contributed by atoms with Crippen LogP contribution < -0.4 is 9.80 Å². The Kier molecular flexibility index (Phi) is 9.29. The summed E-state index contributed by atoms with van der Waals surface area (Å²) in [6.07, 6.45) is 0. The first-order chi connectivity index (χ1) is 31.8. The van der Waals surface area contributed by atoms with Gasteiger partial charge in [0.25, 0.3) is 0 Å². The summed E-state index contributed by atoms with van der Waals surface area (Å²) >= 11 is 0. The van der Waals surface area contributed by atoms with Crippen LogP contribution in [0.2, 0.25) is 0 Å². The molecule has 11 aromatic rings. The van der Waals surface area contributed by atoms with Gasteiger partial charge in [-0.2, -0.15) is 10.5 Å². The van der Waals surface area contributed by atoms with Crippen molar-refractivity contribution in [3.05, 3.63) is 192 Å². The Morgan fingerprint density at radius 1 is 0.348 bits per heavy atom. The molecule has 0 aliphatic rings. The molecule has 0 radical (unpaired) electrons. The maximum atomic E-state index is 9.55. The predicted molar refractivity (Wildman–Crippen MR) is 272 cm³/mol. The van der Waals surface area contributed by atoms with E-state index in [0.29, 0.717) is 11.1 Å². The quantitative estimate of drug-likeness (QED) is 0.166. The Morgan fingerprint density at radius 3 is 1.02 bits per heavy atom. The van der Waals surface area contributed by atoms with E-state index in [9.17, 15) is 10.5 Å². The predicted octanol–water partition coefficient (Wildman–Crippen LogP) is 17.1. The van der Waals surface area contributed by atoms with Crippen molar-refractivity contribution < 1.29 is 8.83 Å². The summed E-state index contributed by atoms with van der Waals surface area (Å²) in [4.78, 5) is 4.47. The molecule has 0 saturated heterocycles. The second-order valence-electron chi connectivity index (χ2n) is 19.4. The number of hydrogen-bond donors (Lipinski definition) is 0. The molecule has 0 aliphatic heterocycles. The van der Waals surface area contributed by atoms with E-state index < -0.39 is 0 Å². The smallest absolute Gasteiger partial charge is 0.136 e. The molecule has 0 aliphatic carbocycles. The Labute approximate surface area is 383 Å². The van der Waals surface area contributed by atoms with Crippen LogP contribution in [-0.4, -0.2) is 0 Å². The van der Waals surface area contributed by atoms with Crippen molar-refractivity contribution in [2.75, 3.05) is 9.80 Å². The fourth-order valence-corrected chi connectivity index (χ4v) is 9.36. The van der Waals surface area contributed by atoms with Crippen LogP contribution in [0, 0.1) is 22.7 Å². The molecule has 0 bridgehead atoms. The number of rotatable bonds is 6. The standard InChI is InChI=1S/C60H46N4O2/c1-59(2,3)43-13-23-47(24-14-43)63(45-17-7-37(35-61)8-18-45)49-21-11-39-31-51-55(33-41(39)29-49)65-53-27-28-54-58(57(51)53)52-32-40-12-22-50(30-42(40)34-56(52)66-54)64(46-19-9-38(36-62)10-20-46)48-25-15-44(16-26-48)60(4,5)6/h7-34H,1-6H3. The van der Waals surface area contributed by atoms with Gasteiger partial charge in [-0.25, -0.2) is 0 Å². The van der Waals surface area contributed by atoms with E-state index >= 15 is 0 Å². The van der Waals surface area contributed by atoms with E-state index in [0.717, 1.165) is 99.5 Å². The lowest BCUT2D eigenvalue weighted by atomic mass is 9.87. The average molecular weight is 855 g/mol. The van der Waals surface area contributed by atoms with Crippen molar-refractivity contribution in [1.29, 1.82) is 10.5 Å². The minimum atomic E-state index is 0.0301. The molecule has 2 heterocycles. The Bertz CT molecular complexity index is 3520. The Hall–Kier alpha value is -8.32. The second-order valence-corrected chi connectivity index (χ2v) is 19.4. The lowest BCUT2D eigenvalue weighted by Gasteiger charge is -2.27. The highest BCUT2D eigenvalue weighted by molar-refractivity contribution is 6.28. The van der Waals surface area contributed by atoms with Gasteiger partial charge in [-0.15, -0.1) is 0 Å². The SMILES string of the molecule is CC(C)(C)c1ccc(N(c2ccc(C#N)cc2)c2ccc3cc4c(cc3c2)oc2ccc3oc5cc6cc(N(c7ccc(C#N)cc7)c7ccc(C(C)(C)C)cc7)ccc6cc5c3c24)cc1. The number of nitriles is 2. The lowest BCUT2D eigenvalue weighted by Crippen LogP contribution is -2.13. The third-order valence-corrected chi connectivity index (χ3v) is 13.0. The van der Waals surface area contributed by atoms with Crippen molar-refractivity contribution >= 4 is 99.5 Å². The summed E-state index contributed by atoms with van der Waals surface area (Å²) in [5, 5.41) is 27.5. The number of nitrogens with zero attached hydrogens (tertiary/aromatic N) is 4. The topological polar surface area (TPSA) is 80.3 Å². The third-order valence-electron chi connectivity index (χ3n) is 13.0. The second kappa shape index (κ2) is 15.2. The van der Waals surface area contributed by atoms with Crippen LogP contribution in [0.3, 0.4) is 0 Å². The molecule has 0 amide bonds. The van der Waals surface area contributed by atoms with E-state index in [1.807, 2.05) is 60.7 Å². The van der Waals surface area contributed by atoms with Gasteiger partial charge in [-0.1, -0.05) is 77.9 Å². The summed E-state index contributed by atoms with van der Waals surface area (Å²) in [7, 11) is 0. The van der Waals surface area contributed by atoms with Crippen molar-refractivity contribution in [2.24, 2.45) is 0 Å². The molecular weight excluding hydrogens is 809 g/mol. The van der Waals surface area contributed by atoms with Gasteiger partial charge >= 0.3 is 0 Å². The fourth-order valence-electron chi connectivity index (χ4n) is 9.36. The van der Waals surface area contributed by atoms with Gasteiger partial charge in [0.05, 0.1) is 23.3 Å². The van der Waals surface area contributed by atoms with Gasteiger partial charge in [0.2, 0.25) is 0 Å². The van der Waals surface area contributed by atoms with Crippen LogP contribution in [0.4, 0.5) is 34.1 Å². The highest BCUT2D eigenvalue weighted by atomic mass is 16.3.